The first kappa shape index (κ1) is 13.0. The summed E-state index contributed by atoms with van der Waals surface area (Å²) in [6, 6.07) is 6.41. The number of benzene rings is 1. The van der Waals surface area contributed by atoms with Gasteiger partial charge in [-0.05, 0) is 37.1 Å². The molecule has 1 fully saturated rings. The minimum absolute atomic E-state index is 0.187. The lowest BCUT2D eigenvalue weighted by Gasteiger charge is -2.21. The van der Waals surface area contributed by atoms with Crippen LogP contribution in [0.25, 0.3) is 0 Å². The van der Waals surface area contributed by atoms with E-state index in [0.29, 0.717) is 26.1 Å². The van der Waals surface area contributed by atoms with Crippen molar-refractivity contribution in [3.05, 3.63) is 28.7 Å². The molecule has 94 valence electrons. The number of hydrogen-bond donors (Lipinski definition) is 0. The maximum atomic E-state index is 11.9. The van der Waals surface area contributed by atoms with Gasteiger partial charge in [-0.1, -0.05) is 15.9 Å². The lowest BCUT2D eigenvalue weighted by atomic mass is 10.2. The molecule has 1 saturated heterocycles. The monoisotopic (exact) mass is 320 g/mol. The average Bonchev–Trinajstić information content (AvgIpc) is 2.30. The Morgan fingerprint density at radius 1 is 1.18 bits per heavy atom. The molecule has 2 rings (SSSR count). The lowest BCUT2D eigenvalue weighted by molar-refractivity contribution is 0.0284. The normalized spacial score (nSPS) is 18.2. The maximum Gasteiger partial charge on any atom is 0.297 e. The van der Waals surface area contributed by atoms with Gasteiger partial charge >= 0.3 is 0 Å². The first-order valence-corrected chi connectivity index (χ1v) is 7.55. The molecule has 0 spiro atoms. The van der Waals surface area contributed by atoms with Crippen molar-refractivity contribution in [1.29, 1.82) is 0 Å². The molecule has 0 aromatic heterocycles. The fourth-order valence-electron chi connectivity index (χ4n) is 1.61. The molecule has 1 aliphatic heterocycles. The van der Waals surface area contributed by atoms with Crippen molar-refractivity contribution in [2.45, 2.75) is 23.8 Å². The molecular weight excluding hydrogens is 308 g/mol. The molecule has 0 radical (unpaired) electrons. The van der Waals surface area contributed by atoms with Gasteiger partial charge in [-0.2, -0.15) is 8.42 Å². The molecular formula is C11H13BrO4S. The zero-order valence-electron chi connectivity index (χ0n) is 9.13. The molecule has 0 N–H and O–H groups in total. The van der Waals surface area contributed by atoms with Gasteiger partial charge in [0.2, 0.25) is 0 Å². The van der Waals surface area contributed by atoms with Crippen molar-refractivity contribution in [2.75, 3.05) is 13.2 Å². The summed E-state index contributed by atoms with van der Waals surface area (Å²) in [4.78, 5) is 0.187. The third-order valence-corrected chi connectivity index (χ3v) is 4.44. The van der Waals surface area contributed by atoms with Crippen LogP contribution in [0.4, 0.5) is 0 Å². The Morgan fingerprint density at radius 2 is 1.76 bits per heavy atom. The Balaban J connectivity index is 2.10. The summed E-state index contributed by atoms with van der Waals surface area (Å²) in [7, 11) is -3.65. The molecule has 0 unspecified atom stereocenters. The molecule has 1 aromatic carbocycles. The molecule has 0 atom stereocenters. The zero-order valence-corrected chi connectivity index (χ0v) is 11.5. The van der Waals surface area contributed by atoms with Crippen LogP contribution in [0.1, 0.15) is 12.8 Å². The predicted molar refractivity (Wildman–Crippen MR) is 66.3 cm³/mol. The summed E-state index contributed by atoms with van der Waals surface area (Å²) in [6.45, 7) is 1.11. The van der Waals surface area contributed by atoms with E-state index >= 15 is 0 Å². The molecule has 4 nitrogen and oxygen atoms in total. The quantitative estimate of drug-likeness (QED) is 0.802. The van der Waals surface area contributed by atoms with E-state index in [4.69, 9.17) is 8.92 Å². The van der Waals surface area contributed by atoms with E-state index in [1.54, 1.807) is 12.1 Å². The van der Waals surface area contributed by atoms with Crippen LogP contribution in [-0.4, -0.2) is 27.7 Å². The fourth-order valence-corrected chi connectivity index (χ4v) is 3.00. The van der Waals surface area contributed by atoms with Crippen molar-refractivity contribution in [1.82, 2.24) is 0 Å². The Bertz CT molecular complexity index is 463. The third-order valence-electron chi connectivity index (χ3n) is 2.53. The van der Waals surface area contributed by atoms with E-state index in [-0.39, 0.29) is 11.0 Å². The van der Waals surface area contributed by atoms with Crippen LogP contribution in [0.5, 0.6) is 0 Å². The number of halogens is 1. The van der Waals surface area contributed by atoms with Crippen LogP contribution < -0.4 is 0 Å². The van der Waals surface area contributed by atoms with Gasteiger partial charge in [0.1, 0.15) is 0 Å². The Kier molecular flexibility index (Phi) is 4.19. The van der Waals surface area contributed by atoms with Gasteiger partial charge in [-0.15, -0.1) is 0 Å². The molecule has 1 aromatic rings. The highest BCUT2D eigenvalue weighted by Gasteiger charge is 2.23. The topological polar surface area (TPSA) is 52.6 Å². The zero-order chi connectivity index (χ0) is 12.3. The summed E-state index contributed by atoms with van der Waals surface area (Å²) in [5.41, 5.74) is 0. The van der Waals surface area contributed by atoms with E-state index in [0.717, 1.165) is 4.47 Å². The summed E-state index contributed by atoms with van der Waals surface area (Å²) in [5.74, 6) is 0. The van der Waals surface area contributed by atoms with Crippen molar-refractivity contribution >= 4 is 26.0 Å². The minimum Gasteiger partial charge on any atom is -0.381 e. The second-order valence-corrected chi connectivity index (χ2v) is 6.30. The molecule has 0 aliphatic carbocycles. The first-order valence-electron chi connectivity index (χ1n) is 5.34. The number of ether oxygens (including phenoxy) is 1. The second kappa shape index (κ2) is 5.48. The molecule has 17 heavy (non-hydrogen) atoms. The van der Waals surface area contributed by atoms with Crippen LogP contribution >= 0.6 is 15.9 Å². The summed E-state index contributed by atoms with van der Waals surface area (Å²) >= 11 is 3.26. The molecule has 1 aliphatic rings. The second-order valence-electron chi connectivity index (χ2n) is 3.82. The van der Waals surface area contributed by atoms with Crippen LogP contribution in [0.2, 0.25) is 0 Å². The standard InChI is InChI=1S/C11H13BrO4S/c12-9-1-3-11(4-2-9)17(13,14)16-10-5-7-15-8-6-10/h1-4,10H,5-8H2. The van der Waals surface area contributed by atoms with E-state index in [9.17, 15) is 8.42 Å². The molecule has 0 amide bonds. The highest BCUT2D eigenvalue weighted by molar-refractivity contribution is 9.10. The van der Waals surface area contributed by atoms with Crippen LogP contribution in [0.15, 0.2) is 33.6 Å². The molecule has 6 heteroatoms. The fraction of sp³-hybridized carbons (Fsp3) is 0.455. The van der Waals surface area contributed by atoms with E-state index < -0.39 is 10.1 Å². The average molecular weight is 321 g/mol. The highest BCUT2D eigenvalue weighted by atomic mass is 79.9. The van der Waals surface area contributed by atoms with Crippen LogP contribution in [-0.2, 0) is 19.0 Å². The molecule has 0 saturated carbocycles. The smallest absolute Gasteiger partial charge is 0.297 e. The van der Waals surface area contributed by atoms with Crippen molar-refractivity contribution < 1.29 is 17.3 Å². The Hall–Kier alpha value is -0.430. The van der Waals surface area contributed by atoms with Crippen molar-refractivity contribution in [3.63, 3.8) is 0 Å². The van der Waals surface area contributed by atoms with Gasteiger partial charge in [0.05, 0.1) is 11.0 Å². The first-order chi connectivity index (χ1) is 8.08. The van der Waals surface area contributed by atoms with E-state index in [1.807, 2.05) is 0 Å². The van der Waals surface area contributed by atoms with Gasteiger partial charge in [0.25, 0.3) is 10.1 Å². The van der Waals surface area contributed by atoms with Gasteiger partial charge in [-0.3, -0.25) is 4.18 Å². The predicted octanol–water partition coefficient (Wildman–Crippen LogP) is 2.33. The maximum absolute atomic E-state index is 11.9. The Morgan fingerprint density at radius 3 is 2.35 bits per heavy atom. The van der Waals surface area contributed by atoms with Gasteiger partial charge in [-0.25, -0.2) is 0 Å². The lowest BCUT2D eigenvalue weighted by Crippen LogP contribution is -2.26. The van der Waals surface area contributed by atoms with E-state index in [2.05, 4.69) is 15.9 Å². The van der Waals surface area contributed by atoms with Gasteiger partial charge < -0.3 is 4.74 Å². The van der Waals surface area contributed by atoms with Crippen molar-refractivity contribution in [3.8, 4) is 0 Å². The number of rotatable bonds is 3. The van der Waals surface area contributed by atoms with Gasteiger partial charge in [0.15, 0.2) is 0 Å². The van der Waals surface area contributed by atoms with Crippen LogP contribution in [0, 0.1) is 0 Å². The highest BCUT2D eigenvalue weighted by Crippen LogP contribution is 2.21. The SMILES string of the molecule is O=S(=O)(OC1CCOCC1)c1ccc(Br)cc1. The summed E-state index contributed by atoms with van der Waals surface area (Å²) < 4.78 is 35.0. The Labute approximate surface area is 109 Å². The van der Waals surface area contributed by atoms with Crippen LogP contribution in [0.3, 0.4) is 0 Å². The third kappa shape index (κ3) is 3.51. The van der Waals surface area contributed by atoms with Gasteiger partial charge in [0, 0.05) is 17.7 Å². The number of hydrogen-bond acceptors (Lipinski definition) is 4. The largest absolute Gasteiger partial charge is 0.381 e. The van der Waals surface area contributed by atoms with E-state index in [1.165, 1.54) is 12.1 Å². The molecule has 1 heterocycles. The molecule has 0 bridgehead atoms. The van der Waals surface area contributed by atoms with Crippen molar-refractivity contribution in [2.24, 2.45) is 0 Å². The minimum atomic E-state index is -3.65. The summed E-state index contributed by atoms with van der Waals surface area (Å²) in [5, 5.41) is 0. The summed E-state index contributed by atoms with van der Waals surface area (Å²) in [6.07, 6.45) is 0.975.